The van der Waals surface area contributed by atoms with E-state index in [-0.39, 0.29) is 24.6 Å². The number of primary amides is 1. The second kappa shape index (κ2) is 17.5. The molecule has 1 aliphatic heterocycles. The van der Waals surface area contributed by atoms with Gasteiger partial charge in [0.15, 0.2) is 0 Å². The highest BCUT2D eigenvalue weighted by molar-refractivity contribution is 6.30. The minimum atomic E-state index is -0.900. The molecule has 0 spiro atoms. The van der Waals surface area contributed by atoms with E-state index in [2.05, 4.69) is 63.4 Å². The second-order valence-corrected chi connectivity index (χ2v) is 11.4. The van der Waals surface area contributed by atoms with Gasteiger partial charge in [0, 0.05) is 62.3 Å². The van der Waals surface area contributed by atoms with Crippen LogP contribution >= 0.6 is 11.6 Å². The standard InChI is InChI=1S/C35H42ClN5O4/c1-2-45-33(42)24-32(38-25-28-13-11-27(12-14-28)8-6-7-19-41(44)35(37)43)26-39-20-22-40(23-21-39)34(29-9-4-3-5-10-29)30-15-17-31(36)18-16-30/h3-5,9-18,32,34,38,44H,2,7,19-26H2,1H3,(H2,37,43)/t32?,34-/m1/s1. The van der Waals surface area contributed by atoms with Crippen LogP contribution in [0.15, 0.2) is 78.9 Å². The molecule has 0 bridgehead atoms. The molecule has 0 radical (unpaired) electrons. The van der Waals surface area contributed by atoms with E-state index in [1.807, 2.05) is 49.4 Å². The molecular weight excluding hydrogens is 590 g/mol. The molecule has 238 valence electrons. The Kier molecular flexibility index (Phi) is 13.2. The third-order valence-corrected chi connectivity index (χ3v) is 8.01. The molecule has 1 fully saturated rings. The first kappa shape index (κ1) is 34.0. The Bertz CT molecular complexity index is 1420. The first-order valence-corrected chi connectivity index (χ1v) is 15.7. The molecule has 2 atom stereocenters. The number of nitrogens with two attached hydrogens (primary N) is 1. The summed E-state index contributed by atoms with van der Waals surface area (Å²) in [6.45, 7) is 7.14. The van der Waals surface area contributed by atoms with E-state index in [0.717, 1.165) is 48.9 Å². The summed E-state index contributed by atoms with van der Waals surface area (Å²) in [6.07, 6.45) is 0.600. The first-order chi connectivity index (χ1) is 21.8. The lowest BCUT2D eigenvalue weighted by Gasteiger charge is -2.40. The normalized spacial score (nSPS) is 15.0. The number of carbonyl (C=O) groups is 2. The maximum atomic E-state index is 12.5. The number of piperazine rings is 1. The van der Waals surface area contributed by atoms with Crippen molar-refractivity contribution in [2.45, 2.75) is 38.4 Å². The Morgan fingerprint density at radius 3 is 2.31 bits per heavy atom. The number of halogens is 1. The lowest BCUT2D eigenvalue weighted by molar-refractivity contribution is -0.143. The molecule has 0 saturated carbocycles. The van der Waals surface area contributed by atoms with Gasteiger partial charge in [-0.3, -0.25) is 19.8 Å². The van der Waals surface area contributed by atoms with Crippen LogP contribution in [0.25, 0.3) is 0 Å². The molecule has 0 aromatic heterocycles. The molecule has 1 heterocycles. The summed E-state index contributed by atoms with van der Waals surface area (Å²) in [5.74, 6) is 5.74. The van der Waals surface area contributed by atoms with E-state index in [1.54, 1.807) is 0 Å². The molecule has 4 rings (SSSR count). The van der Waals surface area contributed by atoms with Crippen LogP contribution in [0.4, 0.5) is 4.79 Å². The largest absolute Gasteiger partial charge is 0.466 e. The highest BCUT2D eigenvalue weighted by Gasteiger charge is 2.28. The number of carbonyl (C=O) groups excluding carboxylic acids is 2. The van der Waals surface area contributed by atoms with Crippen molar-refractivity contribution in [1.29, 1.82) is 0 Å². The third kappa shape index (κ3) is 10.9. The van der Waals surface area contributed by atoms with E-state index in [9.17, 15) is 14.8 Å². The van der Waals surface area contributed by atoms with Crippen molar-refractivity contribution in [1.82, 2.24) is 20.2 Å². The molecule has 1 unspecified atom stereocenters. The summed E-state index contributed by atoms with van der Waals surface area (Å²) in [6, 6.07) is 25.7. The molecule has 45 heavy (non-hydrogen) atoms. The number of rotatable bonds is 13. The van der Waals surface area contributed by atoms with Crippen molar-refractivity contribution in [2.75, 3.05) is 45.9 Å². The number of urea groups is 1. The van der Waals surface area contributed by atoms with Crippen molar-refractivity contribution < 1.29 is 19.5 Å². The fourth-order valence-electron chi connectivity index (χ4n) is 5.44. The third-order valence-electron chi connectivity index (χ3n) is 7.75. The van der Waals surface area contributed by atoms with Crippen molar-refractivity contribution in [3.05, 3.63) is 106 Å². The van der Waals surface area contributed by atoms with Gasteiger partial charge < -0.3 is 15.8 Å². The van der Waals surface area contributed by atoms with Crippen LogP contribution < -0.4 is 11.1 Å². The minimum absolute atomic E-state index is 0.0528. The Morgan fingerprint density at radius 2 is 1.67 bits per heavy atom. The highest BCUT2D eigenvalue weighted by atomic mass is 35.5. The Balaban J connectivity index is 1.34. The summed E-state index contributed by atoms with van der Waals surface area (Å²) in [5.41, 5.74) is 9.38. The van der Waals surface area contributed by atoms with Gasteiger partial charge in [-0.15, -0.1) is 0 Å². The molecule has 0 aliphatic carbocycles. The molecule has 1 saturated heterocycles. The summed E-state index contributed by atoms with van der Waals surface area (Å²) < 4.78 is 5.28. The Labute approximate surface area is 270 Å². The van der Waals surface area contributed by atoms with Crippen LogP contribution in [0.3, 0.4) is 0 Å². The number of amides is 2. The zero-order valence-electron chi connectivity index (χ0n) is 25.7. The molecule has 2 amide bonds. The zero-order chi connectivity index (χ0) is 32.0. The maximum absolute atomic E-state index is 12.5. The average molecular weight is 632 g/mol. The molecular formula is C35H42ClN5O4. The van der Waals surface area contributed by atoms with Crippen molar-refractivity contribution in [3.63, 3.8) is 0 Å². The van der Waals surface area contributed by atoms with Crippen LogP contribution in [0.1, 0.15) is 48.1 Å². The smallest absolute Gasteiger partial charge is 0.338 e. The van der Waals surface area contributed by atoms with Crippen LogP contribution in [0, 0.1) is 11.8 Å². The zero-order valence-corrected chi connectivity index (χ0v) is 26.5. The Morgan fingerprint density at radius 1 is 1.00 bits per heavy atom. The van der Waals surface area contributed by atoms with E-state index >= 15 is 0 Å². The quantitative estimate of drug-likeness (QED) is 0.109. The van der Waals surface area contributed by atoms with Crippen LogP contribution in [0.2, 0.25) is 5.02 Å². The molecule has 1 aliphatic rings. The number of ether oxygens (including phenoxy) is 1. The number of benzene rings is 3. The number of hydroxylamine groups is 2. The number of hydrogen-bond acceptors (Lipinski definition) is 7. The fourth-order valence-corrected chi connectivity index (χ4v) is 5.56. The SMILES string of the molecule is CCOC(=O)CC(CN1CCN([C@H](c2ccccc2)c2ccc(Cl)cc2)CC1)NCc1ccc(C#CCCN(O)C(N)=O)cc1. The summed E-state index contributed by atoms with van der Waals surface area (Å²) in [7, 11) is 0. The van der Waals surface area contributed by atoms with Gasteiger partial charge in [0.2, 0.25) is 0 Å². The first-order valence-electron chi connectivity index (χ1n) is 15.3. The second-order valence-electron chi connectivity index (χ2n) is 11.0. The topological polar surface area (TPSA) is 111 Å². The van der Waals surface area contributed by atoms with Gasteiger partial charge in [0.1, 0.15) is 0 Å². The number of esters is 1. The van der Waals surface area contributed by atoms with Gasteiger partial charge in [-0.05, 0) is 47.9 Å². The van der Waals surface area contributed by atoms with Gasteiger partial charge in [-0.2, -0.15) is 0 Å². The minimum Gasteiger partial charge on any atom is -0.466 e. The maximum Gasteiger partial charge on any atom is 0.338 e. The molecule has 3 aromatic rings. The highest BCUT2D eigenvalue weighted by Crippen LogP contribution is 2.30. The van der Waals surface area contributed by atoms with E-state index < -0.39 is 6.03 Å². The average Bonchev–Trinajstić information content (AvgIpc) is 3.05. The van der Waals surface area contributed by atoms with Crippen molar-refractivity contribution >= 4 is 23.6 Å². The van der Waals surface area contributed by atoms with E-state index in [4.69, 9.17) is 22.1 Å². The van der Waals surface area contributed by atoms with E-state index in [1.165, 1.54) is 11.1 Å². The van der Waals surface area contributed by atoms with Crippen molar-refractivity contribution in [3.8, 4) is 11.8 Å². The predicted molar refractivity (Wildman–Crippen MR) is 176 cm³/mol. The van der Waals surface area contributed by atoms with Gasteiger partial charge >= 0.3 is 12.0 Å². The molecule has 4 N–H and O–H groups in total. The van der Waals surface area contributed by atoms with Crippen LogP contribution in [-0.4, -0.2) is 84.0 Å². The summed E-state index contributed by atoms with van der Waals surface area (Å²) >= 11 is 6.20. The number of nitrogens with zero attached hydrogens (tertiary/aromatic N) is 3. The van der Waals surface area contributed by atoms with Crippen LogP contribution in [0.5, 0.6) is 0 Å². The van der Waals surface area contributed by atoms with E-state index in [0.29, 0.717) is 31.1 Å². The number of hydrogen-bond donors (Lipinski definition) is 3. The van der Waals surface area contributed by atoms with Gasteiger partial charge in [0.25, 0.3) is 0 Å². The monoisotopic (exact) mass is 631 g/mol. The molecule has 3 aromatic carbocycles. The van der Waals surface area contributed by atoms with Gasteiger partial charge in [-0.1, -0.05) is 78.0 Å². The lowest BCUT2D eigenvalue weighted by atomic mass is 9.96. The van der Waals surface area contributed by atoms with Gasteiger partial charge in [-0.25, -0.2) is 9.86 Å². The summed E-state index contributed by atoms with van der Waals surface area (Å²) in [5, 5.41) is 14.1. The molecule has 10 heteroatoms. The number of nitrogens with one attached hydrogen (secondary N) is 1. The molecule has 9 nitrogen and oxygen atoms in total. The Hall–Kier alpha value is -3.91. The van der Waals surface area contributed by atoms with Gasteiger partial charge in [0.05, 0.1) is 25.6 Å². The van der Waals surface area contributed by atoms with Crippen LogP contribution in [-0.2, 0) is 16.1 Å². The van der Waals surface area contributed by atoms with Crippen molar-refractivity contribution in [2.24, 2.45) is 5.73 Å². The fraction of sp³-hybridized carbons (Fsp3) is 0.371. The lowest BCUT2D eigenvalue weighted by Crippen LogP contribution is -2.51. The summed E-state index contributed by atoms with van der Waals surface area (Å²) in [4.78, 5) is 28.3. The predicted octanol–water partition coefficient (Wildman–Crippen LogP) is 4.67.